The van der Waals surface area contributed by atoms with Crippen LogP contribution in [0, 0.1) is 0 Å². The molecule has 94 valence electrons. The van der Waals surface area contributed by atoms with Crippen molar-refractivity contribution >= 4 is 5.97 Å². The predicted molar refractivity (Wildman–Crippen MR) is 61.0 cm³/mol. The minimum Gasteiger partial charge on any atom is -0.489 e. The van der Waals surface area contributed by atoms with Crippen molar-refractivity contribution in [3.63, 3.8) is 0 Å². The molecular weight excluding hydrogens is 222 g/mol. The first-order chi connectivity index (χ1) is 8.24. The van der Waals surface area contributed by atoms with Crippen LogP contribution in [0.25, 0.3) is 0 Å². The highest BCUT2D eigenvalue weighted by atomic mass is 16.5. The summed E-state index contributed by atoms with van der Waals surface area (Å²) in [6, 6.07) is 0. The Morgan fingerprint density at radius 2 is 2.24 bits per heavy atom. The first kappa shape index (κ1) is 11.9. The van der Waals surface area contributed by atoms with Crippen molar-refractivity contribution in [1.82, 2.24) is 14.7 Å². The van der Waals surface area contributed by atoms with Crippen LogP contribution in [0.5, 0.6) is 5.75 Å². The fraction of sp³-hybridized carbons (Fsp3) is 0.636. The van der Waals surface area contributed by atoms with Crippen LogP contribution >= 0.6 is 0 Å². The van der Waals surface area contributed by atoms with Gasteiger partial charge in [-0.25, -0.2) is 0 Å². The van der Waals surface area contributed by atoms with Crippen LogP contribution in [0.1, 0.15) is 12.8 Å². The summed E-state index contributed by atoms with van der Waals surface area (Å²) in [5.74, 6) is -0.276. The monoisotopic (exact) mass is 239 g/mol. The predicted octanol–water partition coefficient (Wildman–Crippen LogP) is 0.442. The van der Waals surface area contributed by atoms with Gasteiger partial charge in [0.05, 0.1) is 12.4 Å². The molecule has 0 aromatic carbocycles. The minimum atomic E-state index is -0.906. The number of aromatic nitrogens is 2. The van der Waals surface area contributed by atoms with Gasteiger partial charge in [0.25, 0.3) is 0 Å². The Balaban J connectivity index is 1.71. The van der Waals surface area contributed by atoms with E-state index < -0.39 is 5.97 Å². The highest BCUT2D eigenvalue weighted by Gasteiger charge is 2.11. The number of hydrogen-bond donors (Lipinski definition) is 1. The maximum absolute atomic E-state index is 10.5. The average Bonchev–Trinajstić information content (AvgIpc) is 2.89. The van der Waals surface area contributed by atoms with Crippen LogP contribution in [-0.2, 0) is 11.3 Å². The molecule has 1 N–H and O–H groups in total. The lowest BCUT2D eigenvalue weighted by atomic mass is 10.4. The maximum Gasteiger partial charge on any atom is 0.325 e. The largest absolute Gasteiger partial charge is 0.489 e. The van der Waals surface area contributed by atoms with E-state index in [1.165, 1.54) is 17.5 Å². The maximum atomic E-state index is 10.5. The van der Waals surface area contributed by atoms with Gasteiger partial charge in [-0.1, -0.05) is 0 Å². The SMILES string of the molecule is O=C(O)Cn1cc(OCCN2CCCC2)cn1. The van der Waals surface area contributed by atoms with Gasteiger partial charge in [0.2, 0.25) is 0 Å². The quantitative estimate of drug-likeness (QED) is 0.780. The van der Waals surface area contributed by atoms with Crippen LogP contribution in [0.2, 0.25) is 0 Å². The van der Waals surface area contributed by atoms with Crippen molar-refractivity contribution in [2.45, 2.75) is 19.4 Å². The topological polar surface area (TPSA) is 67.6 Å². The van der Waals surface area contributed by atoms with Gasteiger partial charge < -0.3 is 9.84 Å². The Hall–Kier alpha value is -1.56. The Morgan fingerprint density at radius 1 is 1.47 bits per heavy atom. The van der Waals surface area contributed by atoms with Crippen LogP contribution in [0.15, 0.2) is 12.4 Å². The van der Waals surface area contributed by atoms with Gasteiger partial charge in [-0.2, -0.15) is 5.10 Å². The number of rotatable bonds is 6. The fourth-order valence-corrected chi connectivity index (χ4v) is 1.94. The Kier molecular flexibility index (Phi) is 3.98. The summed E-state index contributed by atoms with van der Waals surface area (Å²) in [4.78, 5) is 12.8. The lowest BCUT2D eigenvalue weighted by Crippen LogP contribution is -2.24. The first-order valence-electron chi connectivity index (χ1n) is 5.83. The van der Waals surface area contributed by atoms with E-state index in [-0.39, 0.29) is 6.54 Å². The lowest BCUT2D eigenvalue weighted by molar-refractivity contribution is -0.137. The molecule has 0 saturated carbocycles. The zero-order chi connectivity index (χ0) is 12.1. The molecule has 0 bridgehead atoms. The molecule has 2 rings (SSSR count). The normalized spacial score (nSPS) is 16.2. The molecule has 1 fully saturated rings. The molecule has 1 aliphatic heterocycles. The van der Waals surface area contributed by atoms with Crippen molar-refractivity contribution in [1.29, 1.82) is 0 Å². The minimum absolute atomic E-state index is 0.129. The van der Waals surface area contributed by atoms with E-state index in [2.05, 4.69) is 10.00 Å². The molecular formula is C11H17N3O3. The molecule has 0 atom stereocenters. The third-order valence-corrected chi connectivity index (χ3v) is 2.78. The number of hydrogen-bond acceptors (Lipinski definition) is 4. The van der Waals surface area contributed by atoms with Crippen molar-refractivity contribution in [2.75, 3.05) is 26.2 Å². The van der Waals surface area contributed by atoms with Crippen LogP contribution in [-0.4, -0.2) is 52.0 Å². The third-order valence-electron chi connectivity index (χ3n) is 2.78. The average molecular weight is 239 g/mol. The summed E-state index contributed by atoms with van der Waals surface area (Å²) in [7, 11) is 0. The first-order valence-corrected chi connectivity index (χ1v) is 5.83. The molecule has 0 amide bonds. The summed E-state index contributed by atoms with van der Waals surface area (Å²) in [5.41, 5.74) is 0. The number of likely N-dealkylation sites (tertiary alicyclic amines) is 1. The van der Waals surface area contributed by atoms with Gasteiger partial charge in [0.1, 0.15) is 13.2 Å². The van der Waals surface area contributed by atoms with Gasteiger partial charge >= 0.3 is 5.97 Å². The van der Waals surface area contributed by atoms with Crippen LogP contribution in [0.4, 0.5) is 0 Å². The smallest absolute Gasteiger partial charge is 0.325 e. The number of carbonyl (C=O) groups is 1. The highest BCUT2D eigenvalue weighted by Crippen LogP contribution is 2.10. The summed E-state index contributed by atoms with van der Waals surface area (Å²) in [6.07, 6.45) is 5.71. The molecule has 1 aromatic heterocycles. The van der Waals surface area contributed by atoms with Crippen LogP contribution < -0.4 is 4.74 Å². The van der Waals surface area contributed by atoms with E-state index in [4.69, 9.17) is 9.84 Å². The van der Waals surface area contributed by atoms with Gasteiger partial charge in [0, 0.05) is 6.54 Å². The van der Waals surface area contributed by atoms with Gasteiger partial charge in [-0.3, -0.25) is 14.4 Å². The molecule has 0 spiro atoms. The lowest BCUT2D eigenvalue weighted by Gasteiger charge is -2.13. The second-order valence-corrected chi connectivity index (χ2v) is 4.16. The molecule has 0 radical (unpaired) electrons. The van der Waals surface area contributed by atoms with Gasteiger partial charge in [0.15, 0.2) is 5.75 Å². The van der Waals surface area contributed by atoms with E-state index >= 15 is 0 Å². The zero-order valence-electron chi connectivity index (χ0n) is 9.71. The molecule has 6 heteroatoms. The zero-order valence-corrected chi connectivity index (χ0v) is 9.71. The Morgan fingerprint density at radius 3 is 2.94 bits per heavy atom. The fourth-order valence-electron chi connectivity index (χ4n) is 1.94. The second-order valence-electron chi connectivity index (χ2n) is 4.16. The molecule has 1 aromatic rings. The van der Waals surface area contributed by atoms with Crippen molar-refractivity contribution in [2.24, 2.45) is 0 Å². The van der Waals surface area contributed by atoms with Crippen LogP contribution in [0.3, 0.4) is 0 Å². The highest BCUT2D eigenvalue weighted by molar-refractivity contribution is 5.66. The molecule has 0 unspecified atom stereocenters. The van der Waals surface area contributed by atoms with E-state index in [1.807, 2.05) is 0 Å². The number of carboxylic acids is 1. The number of aliphatic carboxylic acids is 1. The van der Waals surface area contributed by atoms with Crippen molar-refractivity contribution in [3.05, 3.63) is 12.4 Å². The molecule has 0 aliphatic carbocycles. The Labute approximate surface area is 99.8 Å². The van der Waals surface area contributed by atoms with Crippen molar-refractivity contribution < 1.29 is 14.6 Å². The third kappa shape index (κ3) is 3.74. The molecule has 6 nitrogen and oxygen atoms in total. The number of carboxylic acid groups (broad SMARTS) is 1. The van der Waals surface area contributed by atoms with Gasteiger partial charge in [-0.15, -0.1) is 0 Å². The Bertz CT molecular complexity index is 372. The summed E-state index contributed by atoms with van der Waals surface area (Å²) in [6.45, 7) is 3.72. The van der Waals surface area contributed by atoms with E-state index in [0.717, 1.165) is 19.6 Å². The molecule has 1 aliphatic rings. The van der Waals surface area contributed by atoms with E-state index in [9.17, 15) is 4.79 Å². The van der Waals surface area contributed by atoms with E-state index in [1.54, 1.807) is 12.4 Å². The van der Waals surface area contributed by atoms with E-state index in [0.29, 0.717) is 12.4 Å². The second kappa shape index (κ2) is 5.67. The van der Waals surface area contributed by atoms with Gasteiger partial charge in [-0.05, 0) is 25.9 Å². The van der Waals surface area contributed by atoms with Crippen molar-refractivity contribution in [3.8, 4) is 5.75 Å². The number of ether oxygens (including phenoxy) is 1. The summed E-state index contributed by atoms with van der Waals surface area (Å²) >= 11 is 0. The molecule has 1 saturated heterocycles. The molecule has 2 heterocycles. The summed E-state index contributed by atoms with van der Waals surface area (Å²) in [5, 5.41) is 12.5. The standard InChI is InChI=1S/C11H17N3O3/c15-11(16)9-14-8-10(7-12-14)17-6-5-13-3-1-2-4-13/h7-8H,1-6,9H2,(H,15,16). The molecule has 17 heavy (non-hydrogen) atoms. The number of nitrogens with zero attached hydrogens (tertiary/aromatic N) is 3. The summed E-state index contributed by atoms with van der Waals surface area (Å²) < 4.78 is 6.87.